The fourth-order valence-corrected chi connectivity index (χ4v) is 4.10. The van der Waals surface area contributed by atoms with Crippen LogP contribution in [-0.4, -0.2) is 34.2 Å². The third-order valence-corrected chi connectivity index (χ3v) is 6.04. The van der Waals surface area contributed by atoms with Crippen LogP contribution >= 0.6 is 0 Å². The van der Waals surface area contributed by atoms with Crippen molar-refractivity contribution in [2.45, 2.75) is 32.6 Å². The Bertz CT molecular complexity index is 1040. The van der Waals surface area contributed by atoms with E-state index in [9.17, 15) is 4.79 Å². The third kappa shape index (κ3) is 3.95. The monoisotopic (exact) mass is 402 g/mol. The van der Waals surface area contributed by atoms with Crippen LogP contribution in [0.5, 0.6) is 5.75 Å². The lowest BCUT2D eigenvalue weighted by molar-refractivity contribution is -0.120. The molecule has 1 saturated carbocycles. The second kappa shape index (κ2) is 7.94. The molecular weight excluding hydrogens is 376 g/mol. The van der Waals surface area contributed by atoms with E-state index in [4.69, 9.17) is 9.72 Å². The summed E-state index contributed by atoms with van der Waals surface area (Å²) in [6.07, 6.45) is 7.77. The number of ether oxygens (including phenoxy) is 1. The summed E-state index contributed by atoms with van der Waals surface area (Å²) in [7, 11) is 0. The molecule has 0 bridgehead atoms. The Hall–Kier alpha value is -3.15. The van der Waals surface area contributed by atoms with E-state index >= 15 is 0 Å². The highest BCUT2D eigenvalue weighted by Gasteiger charge is 2.33. The molecule has 2 fully saturated rings. The molecule has 0 spiro atoms. The highest BCUT2D eigenvalue weighted by atomic mass is 16.5. The topological polar surface area (TPSA) is 71.1 Å². The van der Waals surface area contributed by atoms with Crippen LogP contribution in [0.4, 0.5) is 5.82 Å². The number of anilines is 1. The Kier molecular flexibility index (Phi) is 4.99. The largest absolute Gasteiger partial charge is 0.493 e. The molecule has 1 atom stereocenters. The average Bonchev–Trinajstić information content (AvgIpc) is 3.29. The van der Waals surface area contributed by atoms with Crippen LogP contribution in [0.25, 0.3) is 11.1 Å². The molecule has 2 aliphatic rings. The van der Waals surface area contributed by atoms with Crippen LogP contribution < -0.4 is 9.64 Å². The molecular formula is C24H26N4O2. The van der Waals surface area contributed by atoms with Gasteiger partial charge in [-0.05, 0) is 68.4 Å². The number of benzene rings is 1. The van der Waals surface area contributed by atoms with Gasteiger partial charge in [0.15, 0.2) is 0 Å². The standard InChI is InChI=1S/C24H26N4O2/c1-16-22(20-13-25-26-14-20)7-8-23(27-16)28-10-9-19(24(28)29)11-18-3-2-4-21(12-18)30-15-17-5-6-17/h2-4,7-8,12-14,17,19H,5-6,9-11,15H2,1H3,(H,25,26). The number of aryl methyl sites for hydroxylation is 1. The Balaban J connectivity index is 1.26. The minimum Gasteiger partial charge on any atom is -0.493 e. The van der Waals surface area contributed by atoms with Crippen molar-refractivity contribution in [1.82, 2.24) is 15.2 Å². The summed E-state index contributed by atoms with van der Waals surface area (Å²) in [6, 6.07) is 12.1. The van der Waals surface area contributed by atoms with Crippen LogP contribution in [0.2, 0.25) is 0 Å². The lowest BCUT2D eigenvalue weighted by Gasteiger charge is -2.17. The highest BCUT2D eigenvalue weighted by molar-refractivity contribution is 5.96. The molecule has 2 aromatic heterocycles. The van der Waals surface area contributed by atoms with E-state index in [1.54, 1.807) is 6.20 Å². The van der Waals surface area contributed by atoms with Crippen molar-refractivity contribution in [1.29, 1.82) is 0 Å². The third-order valence-electron chi connectivity index (χ3n) is 6.04. The number of amides is 1. The lowest BCUT2D eigenvalue weighted by atomic mass is 9.98. The maximum absolute atomic E-state index is 13.1. The summed E-state index contributed by atoms with van der Waals surface area (Å²) in [5, 5.41) is 6.83. The number of nitrogens with zero attached hydrogens (tertiary/aromatic N) is 3. The number of aromatic amines is 1. The molecule has 1 unspecified atom stereocenters. The van der Waals surface area contributed by atoms with Crippen LogP contribution in [0.1, 0.15) is 30.5 Å². The van der Waals surface area contributed by atoms with E-state index in [1.165, 1.54) is 12.8 Å². The van der Waals surface area contributed by atoms with Gasteiger partial charge in [-0.25, -0.2) is 4.98 Å². The summed E-state index contributed by atoms with van der Waals surface area (Å²) in [4.78, 5) is 19.6. The molecule has 3 aromatic rings. The quantitative estimate of drug-likeness (QED) is 0.644. The smallest absolute Gasteiger partial charge is 0.231 e. The molecule has 1 aliphatic heterocycles. The zero-order valence-corrected chi connectivity index (χ0v) is 17.2. The predicted molar refractivity (Wildman–Crippen MR) is 115 cm³/mol. The predicted octanol–water partition coefficient (Wildman–Crippen LogP) is 4.16. The second-order valence-electron chi connectivity index (χ2n) is 8.37. The van der Waals surface area contributed by atoms with Gasteiger partial charge in [-0.2, -0.15) is 5.10 Å². The Morgan fingerprint density at radius 3 is 2.87 bits per heavy atom. The van der Waals surface area contributed by atoms with Crippen LogP contribution in [-0.2, 0) is 11.2 Å². The van der Waals surface area contributed by atoms with Crippen LogP contribution in [0.15, 0.2) is 48.8 Å². The van der Waals surface area contributed by atoms with Crippen molar-refractivity contribution >= 4 is 11.7 Å². The first-order valence-electron chi connectivity index (χ1n) is 10.7. The van der Waals surface area contributed by atoms with Crippen molar-refractivity contribution in [2.75, 3.05) is 18.1 Å². The number of hydrogen-bond donors (Lipinski definition) is 1. The number of carbonyl (C=O) groups excluding carboxylic acids is 1. The van der Waals surface area contributed by atoms with Gasteiger partial charge in [-0.1, -0.05) is 12.1 Å². The van der Waals surface area contributed by atoms with Gasteiger partial charge in [0.25, 0.3) is 0 Å². The summed E-state index contributed by atoms with van der Waals surface area (Å²) in [5.41, 5.74) is 4.08. The number of hydrogen-bond acceptors (Lipinski definition) is 4. The number of H-pyrrole nitrogens is 1. The first kappa shape index (κ1) is 18.9. The van der Waals surface area contributed by atoms with Gasteiger partial charge in [-0.15, -0.1) is 0 Å². The molecule has 0 radical (unpaired) electrons. The number of carbonyl (C=O) groups is 1. The number of rotatable bonds is 7. The molecule has 5 rings (SSSR count). The van der Waals surface area contributed by atoms with Gasteiger partial charge in [-0.3, -0.25) is 14.8 Å². The van der Waals surface area contributed by atoms with Gasteiger partial charge in [0, 0.05) is 35.5 Å². The van der Waals surface area contributed by atoms with E-state index in [0.29, 0.717) is 6.54 Å². The molecule has 30 heavy (non-hydrogen) atoms. The van der Waals surface area contributed by atoms with Gasteiger partial charge >= 0.3 is 0 Å². The summed E-state index contributed by atoms with van der Waals surface area (Å²) in [6.45, 7) is 3.48. The summed E-state index contributed by atoms with van der Waals surface area (Å²) in [5.74, 6) is 2.51. The van der Waals surface area contributed by atoms with E-state index in [1.807, 2.05) is 42.3 Å². The lowest BCUT2D eigenvalue weighted by Crippen LogP contribution is -2.28. The molecule has 1 N–H and O–H groups in total. The van der Waals surface area contributed by atoms with Crippen molar-refractivity contribution in [3.63, 3.8) is 0 Å². The van der Waals surface area contributed by atoms with E-state index in [2.05, 4.69) is 22.3 Å². The Labute approximate surface area is 176 Å². The highest BCUT2D eigenvalue weighted by Crippen LogP contribution is 2.31. The van der Waals surface area contributed by atoms with E-state index < -0.39 is 0 Å². The zero-order valence-electron chi connectivity index (χ0n) is 17.2. The first-order chi connectivity index (χ1) is 14.7. The number of nitrogens with one attached hydrogen (secondary N) is 1. The number of aromatic nitrogens is 3. The normalized spacial score (nSPS) is 18.8. The fourth-order valence-electron chi connectivity index (χ4n) is 4.10. The van der Waals surface area contributed by atoms with Gasteiger partial charge in [0.2, 0.25) is 5.91 Å². The molecule has 6 nitrogen and oxygen atoms in total. The first-order valence-corrected chi connectivity index (χ1v) is 10.7. The van der Waals surface area contributed by atoms with Crippen molar-refractivity contribution in [2.24, 2.45) is 11.8 Å². The Morgan fingerprint density at radius 1 is 1.20 bits per heavy atom. The molecule has 6 heteroatoms. The maximum Gasteiger partial charge on any atom is 0.231 e. The van der Waals surface area contributed by atoms with Crippen molar-refractivity contribution < 1.29 is 9.53 Å². The minimum atomic E-state index is -0.0145. The van der Waals surface area contributed by atoms with E-state index in [0.717, 1.165) is 59.3 Å². The van der Waals surface area contributed by atoms with Gasteiger partial charge in [0.1, 0.15) is 11.6 Å². The SMILES string of the molecule is Cc1nc(N2CCC(Cc3cccc(OCC4CC4)c3)C2=O)ccc1-c1cn[nH]c1. The van der Waals surface area contributed by atoms with Crippen LogP contribution in [0, 0.1) is 18.8 Å². The van der Waals surface area contributed by atoms with Crippen molar-refractivity contribution in [3.8, 4) is 16.9 Å². The molecule has 1 saturated heterocycles. The maximum atomic E-state index is 13.1. The average molecular weight is 402 g/mol. The fraction of sp³-hybridized carbons (Fsp3) is 0.375. The summed E-state index contributed by atoms with van der Waals surface area (Å²) >= 11 is 0. The minimum absolute atomic E-state index is 0.0145. The molecule has 154 valence electrons. The molecule has 1 aliphatic carbocycles. The van der Waals surface area contributed by atoms with Gasteiger partial charge in [0.05, 0.1) is 12.8 Å². The van der Waals surface area contributed by atoms with Crippen molar-refractivity contribution in [3.05, 3.63) is 60.0 Å². The summed E-state index contributed by atoms with van der Waals surface area (Å²) < 4.78 is 5.90. The molecule has 1 aromatic carbocycles. The Morgan fingerprint density at radius 2 is 2.10 bits per heavy atom. The molecule has 1 amide bonds. The zero-order chi connectivity index (χ0) is 20.5. The van der Waals surface area contributed by atoms with Gasteiger partial charge < -0.3 is 4.74 Å². The second-order valence-corrected chi connectivity index (χ2v) is 8.37. The number of pyridine rings is 1. The van der Waals surface area contributed by atoms with Crippen LogP contribution in [0.3, 0.4) is 0 Å². The molecule has 3 heterocycles. The van der Waals surface area contributed by atoms with E-state index in [-0.39, 0.29) is 11.8 Å².